The third kappa shape index (κ3) is 3.89. The molecule has 3 heterocycles. The Kier molecular flexibility index (Phi) is 5.46. The lowest BCUT2D eigenvalue weighted by atomic mass is 10.2. The number of rotatable bonds is 6. The van der Waals surface area contributed by atoms with Gasteiger partial charge in [0.2, 0.25) is 10.0 Å². The van der Waals surface area contributed by atoms with E-state index in [1.165, 1.54) is 15.6 Å². The van der Waals surface area contributed by atoms with Gasteiger partial charge in [0.15, 0.2) is 5.13 Å². The number of aromatic nitrogens is 3. The molecule has 0 saturated heterocycles. The van der Waals surface area contributed by atoms with Crippen molar-refractivity contribution in [3.63, 3.8) is 0 Å². The number of hydrogen-bond acceptors (Lipinski definition) is 8. The number of fused-ring (bicyclic) bond motifs is 1. The number of amides is 1. The lowest BCUT2D eigenvalue weighted by Gasteiger charge is -2.24. The highest BCUT2D eigenvalue weighted by Gasteiger charge is 2.28. The van der Waals surface area contributed by atoms with Crippen LogP contribution in [0, 0.1) is 0 Å². The predicted octanol–water partition coefficient (Wildman–Crippen LogP) is 1.91. The van der Waals surface area contributed by atoms with Gasteiger partial charge in [-0.2, -0.15) is 4.31 Å². The van der Waals surface area contributed by atoms with Crippen LogP contribution in [0.2, 0.25) is 0 Å². The van der Waals surface area contributed by atoms with Crippen LogP contribution in [0.15, 0.2) is 0 Å². The van der Waals surface area contributed by atoms with Crippen LogP contribution in [0.5, 0.6) is 0 Å². The van der Waals surface area contributed by atoms with Gasteiger partial charge in [0.25, 0.3) is 5.91 Å². The molecule has 0 spiro atoms. The molecule has 3 rings (SSSR count). The molecule has 0 saturated carbocycles. The number of thiazole rings is 1. The zero-order chi connectivity index (χ0) is 18.0. The monoisotopic (exact) mass is 401 g/mol. The highest BCUT2D eigenvalue weighted by atomic mass is 32.2. The van der Waals surface area contributed by atoms with Crippen LogP contribution < -0.4 is 5.32 Å². The second kappa shape index (κ2) is 7.44. The van der Waals surface area contributed by atoms with Gasteiger partial charge in [0.1, 0.15) is 4.88 Å². The van der Waals surface area contributed by atoms with E-state index in [1.54, 1.807) is 6.92 Å². The van der Waals surface area contributed by atoms with E-state index in [0.717, 1.165) is 28.5 Å². The molecule has 0 bridgehead atoms. The van der Waals surface area contributed by atoms with Gasteiger partial charge in [0, 0.05) is 24.4 Å². The van der Waals surface area contributed by atoms with Crippen molar-refractivity contribution in [3.8, 4) is 0 Å². The van der Waals surface area contributed by atoms with Crippen molar-refractivity contribution >= 4 is 43.9 Å². The molecule has 1 N–H and O–H groups in total. The minimum Gasteiger partial charge on any atom is -0.297 e. The fourth-order valence-corrected chi connectivity index (χ4v) is 5.35. The van der Waals surface area contributed by atoms with E-state index in [9.17, 15) is 13.2 Å². The first-order chi connectivity index (χ1) is 11.9. The van der Waals surface area contributed by atoms with Crippen molar-refractivity contribution < 1.29 is 13.2 Å². The SMILES string of the molecule is CCCc1nnsc1C(=O)Nc1nc2c(s1)CN(S(=O)(=O)CC)CC2. The Balaban J connectivity index is 1.74. The van der Waals surface area contributed by atoms with Gasteiger partial charge in [-0.05, 0) is 24.9 Å². The minimum atomic E-state index is -3.22. The number of nitrogens with zero attached hydrogens (tertiary/aromatic N) is 4. The Morgan fingerprint density at radius 3 is 2.88 bits per heavy atom. The van der Waals surface area contributed by atoms with E-state index in [1.807, 2.05) is 6.92 Å². The Hall–Kier alpha value is -1.43. The number of anilines is 1. The van der Waals surface area contributed by atoms with Crippen LogP contribution >= 0.6 is 22.9 Å². The van der Waals surface area contributed by atoms with Crippen LogP contribution in [0.4, 0.5) is 5.13 Å². The molecule has 0 atom stereocenters. The van der Waals surface area contributed by atoms with Gasteiger partial charge in [-0.25, -0.2) is 13.4 Å². The van der Waals surface area contributed by atoms with Crippen molar-refractivity contribution in [2.75, 3.05) is 17.6 Å². The number of aryl methyl sites for hydroxylation is 1. The summed E-state index contributed by atoms with van der Waals surface area (Å²) in [4.78, 5) is 18.3. The van der Waals surface area contributed by atoms with Crippen LogP contribution in [0.25, 0.3) is 0 Å². The molecular weight excluding hydrogens is 382 g/mol. The summed E-state index contributed by atoms with van der Waals surface area (Å²) in [5.41, 5.74) is 1.56. The third-order valence-electron chi connectivity index (χ3n) is 3.92. The molecule has 0 radical (unpaired) electrons. The predicted molar refractivity (Wildman–Crippen MR) is 97.5 cm³/mol. The fraction of sp³-hybridized carbons (Fsp3) is 0.571. The lowest BCUT2D eigenvalue weighted by molar-refractivity contribution is 0.102. The first-order valence-corrected chi connectivity index (χ1v) is 11.2. The molecule has 25 heavy (non-hydrogen) atoms. The first kappa shape index (κ1) is 18.4. The fourth-order valence-electron chi connectivity index (χ4n) is 2.58. The van der Waals surface area contributed by atoms with Crippen LogP contribution in [0.3, 0.4) is 0 Å². The lowest BCUT2D eigenvalue weighted by Crippen LogP contribution is -2.36. The van der Waals surface area contributed by atoms with Crippen molar-refractivity contribution in [2.24, 2.45) is 0 Å². The van der Waals surface area contributed by atoms with Gasteiger partial charge in [-0.1, -0.05) is 17.8 Å². The highest BCUT2D eigenvalue weighted by molar-refractivity contribution is 7.89. The summed E-state index contributed by atoms with van der Waals surface area (Å²) >= 11 is 2.40. The molecule has 0 aliphatic carbocycles. The zero-order valence-corrected chi connectivity index (χ0v) is 16.4. The van der Waals surface area contributed by atoms with Crippen LogP contribution in [-0.4, -0.2) is 45.5 Å². The molecule has 1 aliphatic rings. The average Bonchev–Trinajstić information content (AvgIpc) is 3.20. The smallest absolute Gasteiger partial charge is 0.271 e. The highest BCUT2D eigenvalue weighted by Crippen LogP contribution is 2.30. The van der Waals surface area contributed by atoms with E-state index in [0.29, 0.717) is 41.6 Å². The number of carbonyl (C=O) groups excluding carboxylic acids is 1. The van der Waals surface area contributed by atoms with Gasteiger partial charge in [-0.15, -0.1) is 16.4 Å². The summed E-state index contributed by atoms with van der Waals surface area (Å²) in [6.07, 6.45) is 2.15. The van der Waals surface area contributed by atoms with Crippen molar-refractivity contribution in [1.29, 1.82) is 0 Å². The van der Waals surface area contributed by atoms with Gasteiger partial charge >= 0.3 is 0 Å². The Labute approximate surface area is 154 Å². The van der Waals surface area contributed by atoms with E-state index in [-0.39, 0.29) is 11.7 Å². The first-order valence-electron chi connectivity index (χ1n) is 8.03. The molecule has 1 amide bonds. The molecule has 0 fully saturated rings. The molecule has 136 valence electrons. The summed E-state index contributed by atoms with van der Waals surface area (Å²) in [7, 11) is -3.22. The van der Waals surface area contributed by atoms with Crippen LogP contribution in [-0.2, 0) is 29.4 Å². The molecule has 0 unspecified atom stereocenters. The number of hydrogen-bond donors (Lipinski definition) is 1. The second-order valence-corrected chi connectivity index (χ2v) is 9.72. The van der Waals surface area contributed by atoms with E-state index in [4.69, 9.17) is 0 Å². The maximum Gasteiger partial charge on any atom is 0.271 e. The summed E-state index contributed by atoms with van der Waals surface area (Å²) in [6, 6.07) is 0. The maximum absolute atomic E-state index is 12.4. The molecule has 8 nitrogen and oxygen atoms in total. The number of nitrogens with one attached hydrogen (secondary N) is 1. The number of carbonyl (C=O) groups is 1. The standard InChI is InChI=1S/C14H19N5O3S3/c1-3-5-10-12(24-18-17-10)13(20)16-14-15-9-6-7-19(8-11(9)23-14)25(21,22)4-2/h3-8H2,1-2H3,(H,15,16,20). The van der Waals surface area contributed by atoms with Crippen molar-refractivity contribution in [3.05, 3.63) is 21.1 Å². The molecule has 1 aliphatic heterocycles. The second-order valence-electron chi connectivity index (χ2n) is 5.63. The van der Waals surface area contributed by atoms with Gasteiger partial charge in [0.05, 0.1) is 17.1 Å². The molecular formula is C14H19N5O3S3. The Morgan fingerprint density at radius 1 is 1.36 bits per heavy atom. The summed E-state index contributed by atoms with van der Waals surface area (Å²) in [5, 5.41) is 7.28. The topological polar surface area (TPSA) is 105 Å². The number of sulfonamides is 1. The van der Waals surface area contributed by atoms with Gasteiger partial charge in [-0.3, -0.25) is 10.1 Å². The van der Waals surface area contributed by atoms with E-state index in [2.05, 4.69) is 19.9 Å². The van der Waals surface area contributed by atoms with E-state index < -0.39 is 10.0 Å². The third-order valence-corrected chi connectivity index (χ3v) is 7.52. The summed E-state index contributed by atoms with van der Waals surface area (Å²) in [6.45, 7) is 4.41. The zero-order valence-electron chi connectivity index (χ0n) is 14.0. The Bertz CT molecular complexity index is 874. The molecule has 11 heteroatoms. The van der Waals surface area contributed by atoms with E-state index >= 15 is 0 Å². The minimum absolute atomic E-state index is 0.0866. The van der Waals surface area contributed by atoms with Gasteiger partial charge < -0.3 is 0 Å². The summed E-state index contributed by atoms with van der Waals surface area (Å²) < 4.78 is 29.4. The summed E-state index contributed by atoms with van der Waals surface area (Å²) in [5.74, 6) is -0.175. The molecule has 2 aromatic rings. The quantitative estimate of drug-likeness (QED) is 0.793. The van der Waals surface area contributed by atoms with Crippen LogP contribution in [0.1, 0.15) is 46.2 Å². The Morgan fingerprint density at radius 2 is 2.16 bits per heavy atom. The largest absolute Gasteiger partial charge is 0.297 e. The van der Waals surface area contributed by atoms with Crippen molar-refractivity contribution in [2.45, 2.75) is 39.7 Å². The molecule has 0 aromatic carbocycles. The van der Waals surface area contributed by atoms with Crippen molar-refractivity contribution in [1.82, 2.24) is 18.9 Å². The maximum atomic E-state index is 12.4. The molecule has 2 aromatic heterocycles. The normalized spacial score (nSPS) is 15.1. The average molecular weight is 402 g/mol.